The Morgan fingerprint density at radius 1 is 1.09 bits per heavy atom. The van der Waals surface area contributed by atoms with Crippen LogP contribution in [-0.2, 0) is 15.7 Å². The number of aromatic nitrogens is 1. The number of alkyl halides is 3. The fraction of sp³-hybridized carbons (Fsp3) is 0.481. The average Bonchev–Trinajstić information content (AvgIpc) is 3.12. The number of ether oxygens (including phenoxy) is 1. The monoisotopic (exact) mass is 487 g/mol. The highest BCUT2D eigenvalue weighted by molar-refractivity contribution is 5.75. The second kappa shape index (κ2) is 9.06. The first-order valence-corrected chi connectivity index (χ1v) is 12.0. The Morgan fingerprint density at radius 3 is 2.60 bits per heavy atom. The molecule has 2 aromatic rings. The lowest BCUT2D eigenvalue weighted by Gasteiger charge is -2.48. The molecule has 0 spiro atoms. The maximum absolute atomic E-state index is 13.0. The van der Waals surface area contributed by atoms with Crippen LogP contribution in [0.1, 0.15) is 37.4 Å². The third kappa shape index (κ3) is 4.49. The summed E-state index contributed by atoms with van der Waals surface area (Å²) in [6, 6.07) is 8.63. The SMILES string of the molecule is C[C@H]1OC(=O)C2CC3C(O)C(O)CCC3[C@H](/C=C/c3ccc(-c4cccc(C(F)(F)F)c4)cn3)C21. The van der Waals surface area contributed by atoms with E-state index in [1.165, 1.54) is 6.07 Å². The van der Waals surface area contributed by atoms with Crippen LogP contribution in [0.25, 0.3) is 17.2 Å². The minimum atomic E-state index is -4.41. The number of cyclic esters (lactones) is 1. The zero-order chi connectivity index (χ0) is 24.9. The normalized spacial score (nSPS) is 35.0. The first-order valence-electron chi connectivity index (χ1n) is 12.0. The lowest BCUT2D eigenvalue weighted by Crippen LogP contribution is -2.51. The van der Waals surface area contributed by atoms with Crippen molar-refractivity contribution in [2.75, 3.05) is 0 Å². The number of carbonyl (C=O) groups excluding carboxylic acids is 1. The largest absolute Gasteiger partial charge is 0.462 e. The molecule has 35 heavy (non-hydrogen) atoms. The smallest absolute Gasteiger partial charge is 0.416 e. The van der Waals surface area contributed by atoms with Gasteiger partial charge < -0.3 is 14.9 Å². The Morgan fingerprint density at radius 2 is 1.89 bits per heavy atom. The number of aliphatic hydroxyl groups is 2. The van der Waals surface area contributed by atoms with Gasteiger partial charge in [0.2, 0.25) is 0 Å². The van der Waals surface area contributed by atoms with Crippen molar-refractivity contribution in [2.24, 2.45) is 29.6 Å². The number of rotatable bonds is 3. The standard InChI is InChI=1S/C27H28F3NO4/c1-14-24-20(19-9-10-23(32)25(33)21(19)12-22(24)26(34)35-14)8-7-18-6-5-16(13-31-18)15-3-2-4-17(11-15)27(28,29)30/h2-8,11,13-14,19-25,32-33H,9-10,12H2,1H3/b8-7+/t14-,19?,20+,21?,22?,23?,24?,25?/m1/s1. The molecule has 1 aromatic carbocycles. The van der Waals surface area contributed by atoms with Crippen LogP contribution in [0.2, 0.25) is 0 Å². The van der Waals surface area contributed by atoms with Gasteiger partial charge in [0.15, 0.2) is 0 Å². The molecule has 8 heteroatoms. The van der Waals surface area contributed by atoms with E-state index in [1.807, 2.05) is 19.1 Å². The Labute approximate surface area is 201 Å². The van der Waals surface area contributed by atoms with Gasteiger partial charge in [0.05, 0.1) is 29.4 Å². The number of benzene rings is 1. The highest BCUT2D eigenvalue weighted by Crippen LogP contribution is 2.53. The van der Waals surface area contributed by atoms with Gasteiger partial charge in [-0.25, -0.2) is 0 Å². The molecule has 8 atom stereocenters. The molecule has 186 valence electrons. The number of hydrogen-bond acceptors (Lipinski definition) is 5. The van der Waals surface area contributed by atoms with Crippen LogP contribution in [0.3, 0.4) is 0 Å². The van der Waals surface area contributed by atoms with Crippen LogP contribution in [0.15, 0.2) is 48.7 Å². The average molecular weight is 488 g/mol. The van der Waals surface area contributed by atoms with Gasteiger partial charge in [-0.05, 0) is 73.8 Å². The molecule has 3 fully saturated rings. The summed E-state index contributed by atoms with van der Waals surface area (Å²) in [7, 11) is 0. The maximum Gasteiger partial charge on any atom is 0.416 e. The van der Waals surface area contributed by atoms with Crippen molar-refractivity contribution in [2.45, 2.75) is 50.7 Å². The third-order valence-corrected chi connectivity index (χ3v) is 8.05. The second-order valence-corrected chi connectivity index (χ2v) is 10.0. The van der Waals surface area contributed by atoms with E-state index in [9.17, 15) is 28.2 Å². The third-order valence-electron chi connectivity index (χ3n) is 8.05. The van der Waals surface area contributed by atoms with Gasteiger partial charge in [-0.15, -0.1) is 0 Å². The Kier molecular flexibility index (Phi) is 6.21. The molecule has 1 aromatic heterocycles. The first kappa shape index (κ1) is 24.0. The summed E-state index contributed by atoms with van der Waals surface area (Å²) in [4.78, 5) is 16.9. The van der Waals surface area contributed by atoms with E-state index in [2.05, 4.69) is 4.98 Å². The molecular formula is C27H28F3NO4. The van der Waals surface area contributed by atoms with E-state index < -0.39 is 23.9 Å². The molecule has 2 aliphatic carbocycles. The molecule has 0 radical (unpaired) electrons. The zero-order valence-electron chi connectivity index (χ0n) is 19.2. The van der Waals surface area contributed by atoms with E-state index >= 15 is 0 Å². The summed E-state index contributed by atoms with van der Waals surface area (Å²) in [5, 5.41) is 20.8. The van der Waals surface area contributed by atoms with Crippen LogP contribution in [0, 0.1) is 29.6 Å². The van der Waals surface area contributed by atoms with Crippen LogP contribution < -0.4 is 0 Å². The van der Waals surface area contributed by atoms with Crippen molar-refractivity contribution in [3.05, 3.63) is 59.9 Å². The van der Waals surface area contributed by atoms with Gasteiger partial charge in [-0.1, -0.05) is 24.3 Å². The Balaban J connectivity index is 1.39. The van der Waals surface area contributed by atoms with Gasteiger partial charge in [0.1, 0.15) is 6.10 Å². The minimum absolute atomic E-state index is 0.00757. The Hall–Kier alpha value is -2.71. The predicted molar refractivity (Wildman–Crippen MR) is 123 cm³/mol. The molecule has 1 saturated heterocycles. The van der Waals surface area contributed by atoms with E-state index in [0.29, 0.717) is 29.7 Å². The van der Waals surface area contributed by atoms with Crippen molar-refractivity contribution >= 4 is 12.0 Å². The fourth-order valence-corrected chi connectivity index (χ4v) is 6.36. The molecule has 5 nitrogen and oxygen atoms in total. The molecule has 0 amide bonds. The highest BCUT2D eigenvalue weighted by Gasteiger charge is 2.56. The summed E-state index contributed by atoms with van der Waals surface area (Å²) < 4.78 is 44.7. The predicted octanol–water partition coefficient (Wildman–Crippen LogP) is 4.73. The molecule has 6 unspecified atom stereocenters. The number of carbonyl (C=O) groups is 1. The maximum atomic E-state index is 13.0. The quantitative estimate of drug-likeness (QED) is 0.613. The van der Waals surface area contributed by atoms with E-state index in [0.717, 1.165) is 18.6 Å². The molecule has 3 aliphatic rings. The summed E-state index contributed by atoms with van der Waals surface area (Å²) in [5.74, 6) is -0.637. The molecule has 5 rings (SSSR count). The van der Waals surface area contributed by atoms with E-state index in [4.69, 9.17) is 4.74 Å². The first-order chi connectivity index (χ1) is 16.6. The van der Waals surface area contributed by atoms with Crippen LogP contribution in [-0.4, -0.2) is 39.5 Å². The van der Waals surface area contributed by atoms with Gasteiger partial charge >= 0.3 is 12.1 Å². The molecule has 1 aliphatic heterocycles. The number of nitrogens with zero attached hydrogens (tertiary/aromatic N) is 1. The van der Waals surface area contributed by atoms with E-state index in [-0.39, 0.29) is 41.7 Å². The zero-order valence-corrected chi connectivity index (χ0v) is 19.2. The van der Waals surface area contributed by atoms with Crippen molar-refractivity contribution < 1.29 is 32.9 Å². The van der Waals surface area contributed by atoms with Crippen molar-refractivity contribution in [3.63, 3.8) is 0 Å². The molecule has 2 saturated carbocycles. The minimum Gasteiger partial charge on any atom is -0.462 e. The number of hydrogen-bond donors (Lipinski definition) is 2. The van der Waals surface area contributed by atoms with E-state index in [1.54, 1.807) is 24.4 Å². The van der Waals surface area contributed by atoms with Crippen molar-refractivity contribution in [1.29, 1.82) is 0 Å². The number of aliphatic hydroxyl groups excluding tert-OH is 2. The van der Waals surface area contributed by atoms with Crippen LogP contribution in [0.4, 0.5) is 13.2 Å². The molecule has 2 N–H and O–H groups in total. The molecular weight excluding hydrogens is 459 g/mol. The molecule has 0 bridgehead atoms. The van der Waals surface area contributed by atoms with Crippen LogP contribution >= 0.6 is 0 Å². The highest BCUT2D eigenvalue weighted by atomic mass is 19.4. The van der Waals surface area contributed by atoms with Gasteiger partial charge in [0.25, 0.3) is 0 Å². The topological polar surface area (TPSA) is 79.7 Å². The van der Waals surface area contributed by atoms with Crippen LogP contribution in [0.5, 0.6) is 0 Å². The number of fused-ring (bicyclic) bond motifs is 2. The number of esters is 1. The van der Waals surface area contributed by atoms with Gasteiger partial charge in [-0.3, -0.25) is 9.78 Å². The molecule has 2 heterocycles. The summed E-state index contributed by atoms with van der Waals surface area (Å²) in [5.41, 5.74) is 0.959. The second-order valence-electron chi connectivity index (χ2n) is 10.0. The summed E-state index contributed by atoms with van der Waals surface area (Å²) in [6.07, 6.45) is 0.947. The van der Waals surface area contributed by atoms with Gasteiger partial charge in [-0.2, -0.15) is 13.2 Å². The summed E-state index contributed by atoms with van der Waals surface area (Å²) >= 11 is 0. The lowest BCUT2D eigenvalue weighted by molar-refractivity contribution is -0.146. The summed E-state index contributed by atoms with van der Waals surface area (Å²) in [6.45, 7) is 1.90. The van der Waals surface area contributed by atoms with Crippen molar-refractivity contribution in [1.82, 2.24) is 4.98 Å². The Bertz CT molecular complexity index is 1120. The number of halogens is 3. The lowest BCUT2D eigenvalue weighted by atomic mass is 9.56. The van der Waals surface area contributed by atoms with Crippen molar-refractivity contribution in [3.8, 4) is 11.1 Å². The number of pyridine rings is 1. The number of allylic oxidation sites excluding steroid dienone is 1. The van der Waals surface area contributed by atoms with Gasteiger partial charge in [0, 0.05) is 17.7 Å². The fourth-order valence-electron chi connectivity index (χ4n) is 6.36.